The number of aromatic nitrogens is 3. The number of thiazole rings is 1. The van der Waals surface area contributed by atoms with Crippen LogP contribution in [-0.4, -0.2) is 52.2 Å². The molecule has 0 spiro atoms. The van der Waals surface area contributed by atoms with Crippen molar-refractivity contribution in [1.82, 2.24) is 20.0 Å². The first-order valence-electron chi connectivity index (χ1n) is 7.94. The Kier molecular flexibility index (Phi) is 4.29. The zero-order valence-corrected chi connectivity index (χ0v) is 14.5. The Hall–Kier alpha value is -2.58. The van der Waals surface area contributed by atoms with Gasteiger partial charge in [0.2, 0.25) is 5.82 Å². The van der Waals surface area contributed by atoms with E-state index >= 15 is 0 Å². The zero-order chi connectivity index (χ0) is 17.2. The summed E-state index contributed by atoms with van der Waals surface area (Å²) in [7, 11) is 0. The van der Waals surface area contributed by atoms with Gasteiger partial charge in [-0.2, -0.15) is 4.98 Å². The molecule has 1 saturated heterocycles. The van der Waals surface area contributed by atoms with Gasteiger partial charge in [0.15, 0.2) is 0 Å². The second-order valence-electron chi connectivity index (χ2n) is 5.66. The SMILES string of the molecule is Cc1nc(-c2cccc(-c3noc(C(=O)N4CCOCC4)n3)c2)cs1. The van der Waals surface area contributed by atoms with Gasteiger partial charge < -0.3 is 14.2 Å². The topological polar surface area (TPSA) is 81.4 Å². The van der Waals surface area contributed by atoms with E-state index in [2.05, 4.69) is 15.1 Å². The van der Waals surface area contributed by atoms with Crippen molar-refractivity contribution in [3.05, 3.63) is 40.5 Å². The Bertz CT molecular complexity index is 899. The molecule has 3 aromatic rings. The number of aryl methyl sites for hydroxylation is 1. The summed E-state index contributed by atoms with van der Waals surface area (Å²) in [5, 5.41) is 6.98. The summed E-state index contributed by atoms with van der Waals surface area (Å²) in [6.07, 6.45) is 0. The molecule has 3 heterocycles. The Balaban J connectivity index is 1.58. The van der Waals surface area contributed by atoms with E-state index < -0.39 is 0 Å². The van der Waals surface area contributed by atoms with Gasteiger partial charge in [-0.05, 0) is 13.0 Å². The molecule has 128 valence electrons. The molecule has 1 aliphatic rings. The maximum absolute atomic E-state index is 12.4. The van der Waals surface area contributed by atoms with Crippen LogP contribution in [0.5, 0.6) is 0 Å². The van der Waals surface area contributed by atoms with Crippen LogP contribution in [0.15, 0.2) is 34.2 Å². The first-order chi connectivity index (χ1) is 12.2. The number of rotatable bonds is 3. The van der Waals surface area contributed by atoms with Crippen LogP contribution in [0.25, 0.3) is 22.6 Å². The number of nitrogens with zero attached hydrogens (tertiary/aromatic N) is 4. The van der Waals surface area contributed by atoms with Gasteiger partial charge in [0.05, 0.1) is 23.9 Å². The minimum absolute atomic E-state index is 0.00630. The normalized spacial score (nSPS) is 14.7. The summed E-state index contributed by atoms with van der Waals surface area (Å²) in [6.45, 7) is 4.11. The maximum atomic E-state index is 12.4. The monoisotopic (exact) mass is 356 g/mol. The minimum Gasteiger partial charge on any atom is -0.378 e. The number of ether oxygens (including phenoxy) is 1. The van der Waals surface area contributed by atoms with E-state index in [4.69, 9.17) is 9.26 Å². The van der Waals surface area contributed by atoms with E-state index in [0.29, 0.717) is 32.1 Å². The number of benzene rings is 1. The molecule has 0 saturated carbocycles. The first-order valence-corrected chi connectivity index (χ1v) is 8.82. The lowest BCUT2D eigenvalue weighted by Gasteiger charge is -2.25. The van der Waals surface area contributed by atoms with Gasteiger partial charge in [0.25, 0.3) is 0 Å². The molecular formula is C17H16N4O3S. The number of carbonyl (C=O) groups excluding carboxylic acids is 1. The third-order valence-corrected chi connectivity index (χ3v) is 4.72. The Morgan fingerprint density at radius 3 is 2.76 bits per heavy atom. The summed E-state index contributed by atoms with van der Waals surface area (Å²) in [6, 6.07) is 7.73. The molecule has 8 heteroatoms. The van der Waals surface area contributed by atoms with Crippen molar-refractivity contribution in [3.8, 4) is 22.6 Å². The minimum atomic E-state index is -0.256. The van der Waals surface area contributed by atoms with Crippen molar-refractivity contribution in [2.24, 2.45) is 0 Å². The summed E-state index contributed by atoms with van der Waals surface area (Å²) in [4.78, 5) is 22.8. The van der Waals surface area contributed by atoms with Crippen LogP contribution < -0.4 is 0 Å². The quantitative estimate of drug-likeness (QED) is 0.718. The second-order valence-corrected chi connectivity index (χ2v) is 6.72. The molecule has 0 atom stereocenters. The van der Waals surface area contributed by atoms with E-state index in [-0.39, 0.29) is 11.8 Å². The molecule has 1 aliphatic heterocycles. The van der Waals surface area contributed by atoms with Crippen LogP contribution in [0.2, 0.25) is 0 Å². The second kappa shape index (κ2) is 6.73. The predicted molar refractivity (Wildman–Crippen MR) is 92.3 cm³/mol. The molecule has 25 heavy (non-hydrogen) atoms. The Morgan fingerprint density at radius 2 is 2.00 bits per heavy atom. The number of hydrogen-bond acceptors (Lipinski definition) is 7. The molecule has 0 unspecified atom stereocenters. The van der Waals surface area contributed by atoms with Gasteiger partial charge in [-0.15, -0.1) is 11.3 Å². The molecular weight excluding hydrogens is 340 g/mol. The molecule has 0 aliphatic carbocycles. The van der Waals surface area contributed by atoms with Crippen LogP contribution in [-0.2, 0) is 4.74 Å². The van der Waals surface area contributed by atoms with Gasteiger partial charge in [0.1, 0.15) is 0 Å². The molecule has 1 fully saturated rings. The highest BCUT2D eigenvalue weighted by Crippen LogP contribution is 2.26. The molecule has 0 bridgehead atoms. The van der Waals surface area contributed by atoms with Gasteiger partial charge >= 0.3 is 11.8 Å². The third kappa shape index (κ3) is 3.31. The average Bonchev–Trinajstić information content (AvgIpc) is 3.31. The number of carbonyl (C=O) groups is 1. The van der Waals surface area contributed by atoms with Crippen molar-refractivity contribution in [2.45, 2.75) is 6.92 Å². The van der Waals surface area contributed by atoms with Crippen molar-refractivity contribution < 1.29 is 14.1 Å². The van der Waals surface area contributed by atoms with Crippen LogP contribution in [0.4, 0.5) is 0 Å². The number of hydrogen-bond donors (Lipinski definition) is 0. The lowest BCUT2D eigenvalue weighted by atomic mass is 10.1. The first kappa shape index (κ1) is 15.9. The van der Waals surface area contributed by atoms with E-state index in [1.807, 2.05) is 36.6 Å². The fraction of sp³-hybridized carbons (Fsp3) is 0.294. The Morgan fingerprint density at radius 1 is 1.20 bits per heavy atom. The summed E-state index contributed by atoms with van der Waals surface area (Å²) < 4.78 is 10.4. The van der Waals surface area contributed by atoms with Gasteiger partial charge in [0, 0.05) is 29.6 Å². The van der Waals surface area contributed by atoms with Gasteiger partial charge in [-0.1, -0.05) is 23.4 Å². The van der Waals surface area contributed by atoms with E-state index in [0.717, 1.165) is 21.8 Å². The van der Waals surface area contributed by atoms with Crippen molar-refractivity contribution in [3.63, 3.8) is 0 Å². The zero-order valence-electron chi connectivity index (χ0n) is 13.6. The molecule has 1 amide bonds. The lowest BCUT2D eigenvalue weighted by molar-refractivity contribution is 0.0272. The van der Waals surface area contributed by atoms with Crippen molar-refractivity contribution in [1.29, 1.82) is 0 Å². The highest BCUT2D eigenvalue weighted by molar-refractivity contribution is 7.09. The molecule has 1 aromatic carbocycles. The van der Waals surface area contributed by atoms with E-state index in [1.165, 1.54) is 0 Å². The van der Waals surface area contributed by atoms with Crippen molar-refractivity contribution >= 4 is 17.2 Å². The summed E-state index contributed by atoms with van der Waals surface area (Å²) >= 11 is 1.60. The summed E-state index contributed by atoms with van der Waals surface area (Å²) in [5.41, 5.74) is 2.68. The maximum Gasteiger partial charge on any atom is 0.316 e. The standard InChI is InChI=1S/C17H16N4O3S/c1-11-18-14(10-25-11)12-3-2-4-13(9-12)15-19-16(24-20-15)17(22)21-5-7-23-8-6-21/h2-4,9-10H,5-8H2,1H3. The lowest BCUT2D eigenvalue weighted by Crippen LogP contribution is -2.40. The highest BCUT2D eigenvalue weighted by Gasteiger charge is 2.24. The van der Waals surface area contributed by atoms with Crippen molar-refractivity contribution in [2.75, 3.05) is 26.3 Å². The fourth-order valence-electron chi connectivity index (χ4n) is 2.64. The van der Waals surface area contributed by atoms with Gasteiger partial charge in [-0.3, -0.25) is 4.79 Å². The smallest absolute Gasteiger partial charge is 0.316 e. The largest absolute Gasteiger partial charge is 0.378 e. The van der Waals surface area contributed by atoms with Crippen LogP contribution in [0.3, 0.4) is 0 Å². The molecule has 0 radical (unpaired) electrons. The van der Waals surface area contributed by atoms with E-state index in [1.54, 1.807) is 16.2 Å². The number of morpholine rings is 1. The number of amides is 1. The Labute approximate surface area is 148 Å². The molecule has 2 aromatic heterocycles. The predicted octanol–water partition coefficient (Wildman–Crippen LogP) is 2.64. The van der Waals surface area contributed by atoms with Gasteiger partial charge in [-0.25, -0.2) is 4.98 Å². The van der Waals surface area contributed by atoms with E-state index in [9.17, 15) is 4.79 Å². The van der Waals surface area contributed by atoms with Crippen LogP contribution in [0, 0.1) is 6.92 Å². The molecule has 0 N–H and O–H groups in total. The average molecular weight is 356 g/mol. The summed E-state index contributed by atoms with van der Waals surface area (Å²) in [5.74, 6) is 0.144. The molecule has 4 rings (SSSR count). The highest BCUT2D eigenvalue weighted by atomic mass is 32.1. The third-order valence-electron chi connectivity index (χ3n) is 3.94. The molecule has 7 nitrogen and oxygen atoms in total. The van der Waals surface area contributed by atoms with Crippen LogP contribution in [0.1, 0.15) is 15.7 Å². The fourth-order valence-corrected chi connectivity index (χ4v) is 3.26. The van der Waals surface area contributed by atoms with Crippen LogP contribution >= 0.6 is 11.3 Å².